The average molecular weight is 294 g/mol. The van der Waals surface area contributed by atoms with Gasteiger partial charge in [-0.15, -0.1) is 0 Å². The van der Waals surface area contributed by atoms with Crippen LogP contribution < -0.4 is 5.32 Å². The van der Waals surface area contributed by atoms with Crippen molar-refractivity contribution >= 4 is 5.91 Å². The SMILES string of the molecule is Cc1ccc(CNC(=O)CN(CCO)C2CCC2)cc1F. The Morgan fingerprint density at radius 2 is 2.24 bits per heavy atom. The van der Waals surface area contributed by atoms with Crippen molar-refractivity contribution in [2.75, 3.05) is 19.7 Å². The summed E-state index contributed by atoms with van der Waals surface area (Å²) in [4.78, 5) is 14.0. The highest BCUT2D eigenvalue weighted by atomic mass is 19.1. The fraction of sp³-hybridized carbons (Fsp3) is 0.562. The van der Waals surface area contributed by atoms with Crippen molar-refractivity contribution in [3.8, 4) is 0 Å². The maximum Gasteiger partial charge on any atom is 0.234 e. The van der Waals surface area contributed by atoms with Crippen molar-refractivity contribution in [1.29, 1.82) is 0 Å². The summed E-state index contributed by atoms with van der Waals surface area (Å²) in [6.45, 7) is 2.92. The molecule has 1 amide bonds. The highest BCUT2D eigenvalue weighted by Crippen LogP contribution is 2.24. The number of amides is 1. The molecule has 21 heavy (non-hydrogen) atoms. The molecular formula is C16H23FN2O2. The molecule has 0 heterocycles. The van der Waals surface area contributed by atoms with Gasteiger partial charge in [0.05, 0.1) is 13.2 Å². The number of nitrogens with zero attached hydrogens (tertiary/aromatic N) is 1. The number of carbonyl (C=O) groups excluding carboxylic acids is 1. The molecule has 1 saturated carbocycles. The normalized spacial score (nSPS) is 15.0. The first-order valence-electron chi connectivity index (χ1n) is 7.47. The van der Waals surface area contributed by atoms with Gasteiger partial charge in [0.1, 0.15) is 5.82 Å². The van der Waals surface area contributed by atoms with Gasteiger partial charge >= 0.3 is 0 Å². The van der Waals surface area contributed by atoms with Gasteiger partial charge in [-0.05, 0) is 37.0 Å². The van der Waals surface area contributed by atoms with Gasteiger partial charge in [0.25, 0.3) is 0 Å². The molecule has 0 aromatic heterocycles. The van der Waals surface area contributed by atoms with E-state index in [9.17, 15) is 9.18 Å². The van der Waals surface area contributed by atoms with Gasteiger partial charge in [-0.25, -0.2) is 4.39 Å². The molecule has 5 heteroatoms. The van der Waals surface area contributed by atoms with Crippen LogP contribution in [0.1, 0.15) is 30.4 Å². The number of nitrogens with one attached hydrogen (secondary N) is 1. The van der Waals surface area contributed by atoms with Crippen LogP contribution in [0.3, 0.4) is 0 Å². The quantitative estimate of drug-likeness (QED) is 0.803. The van der Waals surface area contributed by atoms with E-state index >= 15 is 0 Å². The van der Waals surface area contributed by atoms with Crippen molar-refractivity contribution in [2.45, 2.75) is 38.8 Å². The van der Waals surface area contributed by atoms with Gasteiger partial charge in [-0.3, -0.25) is 9.69 Å². The molecule has 0 atom stereocenters. The van der Waals surface area contributed by atoms with E-state index in [1.165, 1.54) is 12.5 Å². The third-order valence-corrected chi connectivity index (χ3v) is 4.05. The summed E-state index contributed by atoms with van der Waals surface area (Å²) in [5.74, 6) is -0.338. The second-order valence-electron chi connectivity index (χ2n) is 5.64. The van der Waals surface area contributed by atoms with E-state index in [2.05, 4.69) is 5.32 Å². The highest BCUT2D eigenvalue weighted by molar-refractivity contribution is 5.78. The summed E-state index contributed by atoms with van der Waals surface area (Å²) in [5, 5.41) is 11.9. The first kappa shape index (κ1) is 15.9. The first-order chi connectivity index (χ1) is 10.1. The third-order valence-electron chi connectivity index (χ3n) is 4.05. The van der Waals surface area contributed by atoms with Crippen LogP contribution in [0.2, 0.25) is 0 Å². The molecule has 0 saturated heterocycles. The smallest absolute Gasteiger partial charge is 0.234 e. The number of hydrogen-bond donors (Lipinski definition) is 2. The largest absolute Gasteiger partial charge is 0.395 e. The van der Waals surface area contributed by atoms with Crippen molar-refractivity contribution in [3.05, 3.63) is 35.1 Å². The Morgan fingerprint density at radius 1 is 1.48 bits per heavy atom. The first-order valence-corrected chi connectivity index (χ1v) is 7.47. The Kier molecular flexibility index (Phi) is 5.70. The maximum atomic E-state index is 13.4. The average Bonchev–Trinajstić information content (AvgIpc) is 2.38. The summed E-state index contributed by atoms with van der Waals surface area (Å²) in [7, 11) is 0. The molecule has 0 unspecified atom stereocenters. The van der Waals surface area contributed by atoms with E-state index in [0.29, 0.717) is 31.2 Å². The zero-order valence-electron chi connectivity index (χ0n) is 12.4. The topological polar surface area (TPSA) is 52.6 Å². The number of aryl methyl sites for hydroxylation is 1. The molecule has 1 aromatic rings. The fourth-order valence-corrected chi connectivity index (χ4v) is 2.46. The van der Waals surface area contributed by atoms with Gasteiger partial charge in [0.2, 0.25) is 5.91 Å². The second kappa shape index (κ2) is 7.52. The minimum Gasteiger partial charge on any atom is -0.395 e. The lowest BCUT2D eigenvalue weighted by Gasteiger charge is -2.36. The van der Waals surface area contributed by atoms with Crippen LogP contribution in [0.4, 0.5) is 4.39 Å². The summed E-state index contributed by atoms with van der Waals surface area (Å²) < 4.78 is 13.4. The Morgan fingerprint density at radius 3 is 2.81 bits per heavy atom. The molecule has 0 bridgehead atoms. The van der Waals surface area contributed by atoms with Gasteiger partial charge in [-0.1, -0.05) is 18.6 Å². The maximum absolute atomic E-state index is 13.4. The summed E-state index contributed by atoms with van der Waals surface area (Å²) in [6.07, 6.45) is 3.38. The standard InChI is InChI=1S/C16H23FN2O2/c1-12-5-6-13(9-15(12)17)10-18-16(21)11-19(7-8-20)14-3-2-4-14/h5-6,9,14,20H,2-4,7-8,10-11H2,1H3,(H,18,21). The van der Waals surface area contributed by atoms with Gasteiger partial charge < -0.3 is 10.4 Å². The number of carbonyl (C=O) groups is 1. The molecule has 116 valence electrons. The van der Waals surface area contributed by atoms with Crippen molar-refractivity contribution in [2.24, 2.45) is 0 Å². The lowest BCUT2D eigenvalue weighted by molar-refractivity contribution is -0.123. The van der Waals surface area contributed by atoms with Crippen LogP contribution in [0.15, 0.2) is 18.2 Å². The van der Waals surface area contributed by atoms with Crippen LogP contribution in [0.25, 0.3) is 0 Å². The molecule has 2 rings (SSSR count). The molecule has 1 aromatic carbocycles. The van der Waals surface area contributed by atoms with E-state index in [0.717, 1.165) is 18.4 Å². The molecule has 0 radical (unpaired) electrons. The van der Waals surface area contributed by atoms with E-state index in [-0.39, 0.29) is 18.3 Å². The van der Waals surface area contributed by atoms with E-state index in [1.54, 1.807) is 13.0 Å². The van der Waals surface area contributed by atoms with E-state index in [1.807, 2.05) is 11.0 Å². The predicted molar refractivity (Wildman–Crippen MR) is 79.3 cm³/mol. The molecular weight excluding hydrogens is 271 g/mol. The van der Waals surface area contributed by atoms with Crippen LogP contribution in [-0.2, 0) is 11.3 Å². The number of rotatable bonds is 7. The van der Waals surface area contributed by atoms with Gasteiger partial charge in [0.15, 0.2) is 0 Å². The molecule has 0 spiro atoms. The molecule has 2 N–H and O–H groups in total. The van der Waals surface area contributed by atoms with Gasteiger partial charge in [0, 0.05) is 19.1 Å². The summed E-state index contributed by atoms with van der Waals surface area (Å²) in [6, 6.07) is 5.39. The predicted octanol–water partition coefficient (Wildman–Crippen LogP) is 1.60. The van der Waals surface area contributed by atoms with E-state index < -0.39 is 0 Å². The van der Waals surface area contributed by atoms with Crippen LogP contribution in [0, 0.1) is 12.7 Å². The van der Waals surface area contributed by atoms with Crippen molar-refractivity contribution < 1.29 is 14.3 Å². The molecule has 0 aliphatic heterocycles. The fourth-order valence-electron chi connectivity index (χ4n) is 2.46. The number of hydrogen-bond acceptors (Lipinski definition) is 3. The summed E-state index contributed by atoms with van der Waals surface area (Å²) in [5.41, 5.74) is 1.35. The molecule has 1 fully saturated rings. The van der Waals surface area contributed by atoms with Crippen LogP contribution in [-0.4, -0.2) is 41.7 Å². The Balaban J connectivity index is 1.81. The molecule has 1 aliphatic rings. The second-order valence-corrected chi connectivity index (χ2v) is 5.64. The number of aliphatic hydroxyl groups is 1. The van der Waals surface area contributed by atoms with Crippen LogP contribution >= 0.6 is 0 Å². The minimum absolute atomic E-state index is 0.0625. The lowest BCUT2D eigenvalue weighted by atomic mass is 9.91. The zero-order valence-corrected chi connectivity index (χ0v) is 12.4. The third kappa shape index (κ3) is 4.51. The Bertz CT molecular complexity index is 489. The molecule has 4 nitrogen and oxygen atoms in total. The molecule has 1 aliphatic carbocycles. The Hall–Kier alpha value is -1.46. The number of aliphatic hydroxyl groups excluding tert-OH is 1. The lowest BCUT2D eigenvalue weighted by Crippen LogP contribution is -2.47. The Labute approximate surface area is 125 Å². The van der Waals surface area contributed by atoms with Crippen molar-refractivity contribution in [3.63, 3.8) is 0 Å². The highest BCUT2D eigenvalue weighted by Gasteiger charge is 2.25. The minimum atomic E-state index is -0.252. The van der Waals surface area contributed by atoms with E-state index in [4.69, 9.17) is 5.11 Å². The monoisotopic (exact) mass is 294 g/mol. The van der Waals surface area contributed by atoms with Crippen LogP contribution in [0.5, 0.6) is 0 Å². The zero-order chi connectivity index (χ0) is 15.2. The van der Waals surface area contributed by atoms with Gasteiger partial charge in [-0.2, -0.15) is 0 Å². The summed E-state index contributed by atoms with van der Waals surface area (Å²) >= 11 is 0. The number of benzene rings is 1. The number of halogens is 1. The van der Waals surface area contributed by atoms with Crippen molar-refractivity contribution in [1.82, 2.24) is 10.2 Å².